The Labute approximate surface area is 120 Å². The Morgan fingerprint density at radius 1 is 1.05 bits per heavy atom. The maximum Gasteiger partial charge on any atom is 0.126 e. The summed E-state index contributed by atoms with van der Waals surface area (Å²) in [6.07, 6.45) is 3.46. The SMILES string of the molecule is CNC1CCc2c(cccc2-c2ccccc2OC)C1. The van der Waals surface area contributed by atoms with Crippen LogP contribution in [0.2, 0.25) is 0 Å². The molecular formula is C18H21NO. The normalized spacial score (nSPS) is 17.6. The zero-order valence-corrected chi connectivity index (χ0v) is 12.1. The molecule has 0 radical (unpaired) electrons. The molecule has 3 rings (SSSR count). The first-order valence-corrected chi connectivity index (χ1v) is 7.25. The van der Waals surface area contributed by atoms with E-state index < -0.39 is 0 Å². The van der Waals surface area contributed by atoms with Gasteiger partial charge in [0.05, 0.1) is 7.11 Å². The largest absolute Gasteiger partial charge is 0.496 e. The van der Waals surface area contributed by atoms with Gasteiger partial charge in [-0.05, 0) is 49.1 Å². The topological polar surface area (TPSA) is 21.3 Å². The summed E-state index contributed by atoms with van der Waals surface area (Å²) >= 11 is 0. The van der Waals surface area contributed by atoms with Gasteiger partial charge in [0.25, 0.3) is 0 Å². The Hall–Kier alpha value is -1.80. The van der Waals surface area contributed by atoms with Gasteiger partial charge in [-0.2, -0.15) is 0 Å². The van der Waals surface area contributed by atoms with Gasteiger partial charge >= 0.3 is 0 Å². The van der Waals surface area contributed by atoms with Gasteiger partial charge in [-0.25, -0.2) is 0 Å². The van der Waals surface area contributed by atoms with E-state index >= 15 is 0 Å². The van der Waals surface area contributed by atoms with E-state index in [2.05, 4.69) is 42.7 Å². The number of ether oxygens (including phenoxy) is 1. The summed E-state index contributed by atoms with van der Waals surface area (Å²) in [6.45, 7) is 0. The van der Waals surface area contributed by atoms with Gasteiger partial charge in [-0.15, -0.1) is 0 Å². The van der Waals surface area contributed by atoms with Crippen LogP contribution in [-0.4, -0.2) is 20.2 Å². The van der Waals surface area contributed by atoms with Crippen molar-refractivity contribution in [2.24, 2.45) is 0 Å². The molecule has 20 heavy (non-hydrogen) atoms. The molecule has 104 valence electrons. The second kappa shape index (κ2) is 5.68. The zero-order chi connectivity index (χ0) is 13.9. The third-order valence-electron chi connectivity index (χ3n) is 4.29. The van der Waals surface area contributed by atoms with E-state index in [1.807, 2.05) is 12.1 Å². The summed E-state index contributed by atoms with van der Waals surface area (Å²) < 4.78 is 5.52. The average Bonchev–Trinajstić information content (AvgIpc) is 2.53. The number of methoxy groups -OCH3 is 1. The average molecular weight is 267 g/mol. The molecule has 0 heterocycles. The van der Waals surface area contributed by atoms with Crippen LogP contribution in [0, 0.1) is 0 Å². The van der Waals surface area contributed by atoms with Gasteiger partial charge in [0.1, 0.15) is 5.75 Å². The Morgan fingerprint density at radius 3 is 2.65 bits per heavy atom. The Bertz CT molecular complexity index is 606. The number of para-hydroxylation sites is 1. The quantitative estimate of drug-likeness (QED) is 0.920. The van der Waals surface area contributed by atoms with E-state index in [9.17, 15) is 0 Å². The van der Waals surface area contributed by atoms with Crippen molar-refractivity contribution < 1.29 is 4.74 Å². The lowest BCUT2D eigenvalue weighted by atomic mass is 9.83. The third kappa shape index (κ3) is 2.32. The van der Waals surface area contributed by atoms with Crippen LogP contribution in [0.1, 0.15) is 17.5 Å². The Balaban J connectivity index is 2.07. The summed E-state index contributed by atoms with van der Waals surface area (Å²) in [5.41, 5.74) is 5.49. The summed E-state index contributed by atoms with van der Waals surface area (Å²) in [4.78, 5) is 0. The minimum Gasteiger partial charge on any atom is -0.496 e. The van der Waals surface area contributed by atoms with Crippen LogP contribution in [0.4, 0.5) is 0 Å². The molecule has 2 aromatic carbocycles. The summed E-state index contributed by atoms with van der Waals surface area (Å²) in [7, 11) is 3.80. The third-order valence-corrected chi connectivity index (χ3v) is 4.29. The fraction of sp³-hybridized carbons (Fsp3) is 0.333. The van der Waals surface area contributed by atoms with E-state index in [0.29, 0.717) is 6.04 Å². The number of hydrogen-bond acceptors (Lipinski definition) is 2. The van der Waals surface area contributed by atoms with Crippen molar-refractivity contribution in [3.8, 4) is 16.9 Å². The number of fused-ring (bicyclic) bond motifs is 1. The Kier molecular flexibility index (Phi) is 3.75. The summed E-state index contributed by atoms with van der Waals surface area (Å²) in [5, 5.41) is 3.40. The van der Waals surface area contributed by atoms with Crippen molar-refractivity contribution >= 4 is 0 Å². The fourth-order valence-electron chi connectivity index (χ4n) is 3.17. The van der Waals surface area contributed by atoms with Crippen molar-refractivity contribution in [3.05, 3.63) is 53.6 Å². The molecule has 0 saturated heterocycles. The highest BCUT2D eigenvalue weighted by atomic mass is 16.5. The van der Waals surface area contributed by atoms with Crippen molar-refractivity contribution in [1.82, 2.24) is 5.32 Å². The molecule has 0 bridgehead atoms. The molecule has 1 aliphatic carbocycles. The van der Waals surface area contributed by atoms with E-state index in [1.165, 1.54) is 28.7 Å². The first-order chi connectivity index (χ1) is 9.83. The van der Waals surface area contributed by atoms with Crippen molar-refractivity contribution in [3.63, 3.8) is 0 Å². The van der Waals surface area contributed by atoms with Gasteiger partial charge < -0.3 is 10.1 Å². The van der Waals surface area contributed by atoms with Gasteiger partial charge in [0, 0.05) is 11.6 Å². The monoisotopic (exact) mass is 267 g/mol. The summed E-state index contributed by atoms with van der Waals surface area (Å²) in [6, 6.07) is 15.5. The highest BCUT2D eigenvalue weighted by molar-refractivity contribution is 5.74. The molecule has 0 spiro atoms. The predicted octanol–water partition coefficient (Wildman–Crippen LogP) is 3.44. The number of likely N-dealkylation sites (N-methyl/N-ethyl adjacent to an activating group) is 1. The molecule has 1 aliphatic rings. The lowest BCUT2D eigenvalue weighted by molar-refractivity contribution is 0.416. The van der Waals surface area contributed by atoms with Crippen LogP contribution in [0.15, 0.2) is 42.5 Å². The number of nitrogens with one attached hydrogen (secondary N) is 1. The first kappa shape index (κ1) is 13.2. The lowest BCUT2D eigenvalue weighted by Crippen LogP contribution is -2.31. The number of rotatable bonds is 3. The van der Waals surface area contributed by atoms with Gasteiger partial charge in [0.2, 0.25) is 0 Å². The standard InChI is InChI=1S/C18H21NO/c1-19-14-10-11-15-13(12-14)6-5-8-16(15)17-7-3-4-9-18(17)20-2/h3-9,14,19H,10-12H2,1-2H3. The Morgan fingerprint density at radius 2 is 1.85 bits per heavy atom. The molecular weight excluding hydrogens is 246 g/mol. The predicted molar refractivity (Wildman–Crippen MR) is 83.3 cm³/mol. The van der Waals surface area contributed by atoms with Crippen LogP contribution >= 0.6 is 0 Å². The maximum absolute atomic E-state index is 5.52. The second-order valence-electron chi connectivity index (χ2n) is 5.37. The zero-order valence-electron chi connectivity index (χ0n) is 12.1. The van der Waals surface area contributed by atoms with E-state index in [1.54, 1.807) is 7.11 Å². The highest BCUT2D eigenvalue weighted by Crippen LogP contribution is 2.36. The molecule has 0 aliphatic heterocycles. The van der Waals surface area contributed by atoms with Crippen LogP contribution in [0.5, 0.6) is 5.75 Å². The van der Waals surface area contributed by atoms with Crippen LogP contribution in [0.3, 0.4) is 0 Å². The van der Waals surface area contributed by atoms with Crippen LogP contribution in [0.25, 0.3) is 11.1 Å². The molecule has 2 nitrogen and oxygen atoms in total. The number of benzene rings is 2. The van der Waals surface area contributed by atoms with E-state index in [4.69, 9.17) is 4.74 Å². The lowest BCUT2D eigenvalue weighted by Gasteiger charge is -2.26. The molecule has 1 atom stereocenters. The summed E-state index contributed by atoms with van der Waals surface area (Å²) in [5.74, 6) is 0.955. The molecule has 1 unspecified atom stereocenters. The van der Waals surface area contributed by atoms with Crippen LogP contribution in [-0.2, 0) is 12.8 Å². The minimum absolute atomic E-state index is 0.607. The molecule has 0 aromatic heterocycles. The van der Waals surface area contributed by atoms with E-state index in [-0.39, 0.29) is 0 Å². The molecule has 1 N–H and O–H groups in total. The fourth-order valence-corrected chi connectivity index (χ4v) is 3.17. The maximum atomic E-state index is 5.52. The van der Waals surface area contributed by atoms with Crippen molar-refractivity contribution in [2.45, 2.75) is 25.3 Å². The molecule has 0 saturated carbocycles. The number of hydrogen-bond donors (Lipinski definition) is 1. The molecule has 0 fully saturated rings. The smallest absolute Gasteiger partial charge is 0.126 e. The first-order valence-electron chi connectivity index (χ1n) is 7.25. The molecule has 2 aromatic rings. The minimum atomic E-state index is 0.607. The second-order valence-corrected chi connectivity index (χ2v) is 5.37. The highest BCUT2D eigenvalue weighted by Gasteiger charge is 2.20. The van der Waals surface area contributed by atoms with Crippen LogP contribution < -0.4 is 10.1 Å². The van der Waals surface area contributed by atoms with Crippen molar-refractivity contribution in [2.75, 3.05) is 14.2 Å². The van der Waals surface area contributed by atoms with Gasteiger partial charge in [-0.1, -0.05) is 36.4 Å². The van der Waals surface area contributed by atoms with E-state index in [0.717, 1.165) is 18.6 Å². The van der Waals surface area contributed by atoms with Gasteiger partial charge in [-0.3, -0.25) is 0 Å². The molecule has 0 amide bonds. The molecule has 2 heteroatoms. The van der Waals surface area contributed by atoms with Gasteiger partial charge in [0.15, 0.2) is 0 Å². The van der Waals surface area contributed by atoms with Crippen molar-refractivity contribution in [1.29, 1.82) is 0 Å².